The molecule has 1 rings (SSSR count). The van der Waals surface area contributed by atoms with Gasteiger partial charge in [-0.2, -0.15) is 0 Å². The number of sulfonamides is 1. The summed E-state index contributed by atoms with van der Waals surface area (Å²) in [6.45, 7) is -0.230. The van der Waals surface area contributed by atoms with Gasteiger partial charge in [0, 0.05) is 25.7 Å². The maximum absolute atomic E-state index is 11.4. The number of nitrogens with zero attached hydrogens (tertiary/aromatic N) is 1. The number of hydrogen-bond donors (Lipinski definition) is 1. The lowest BCUT2D eigenvalue weighted by atomic mass is 10.4. The second-order valence-electron chi connectivity index (χ2n) is 2.72. The fourth-order valence-electron chi connectivity index (χ4n) is 0.751. The molecular weight excluding hydrogens is 194 g/mol. The van der Waals surface area contributed by atoms with E-state index in [1.54, 1.807) is 0 Å². The van der Waals surface area contributed by atoms with Crippen molar-refractivity contribution < 1.29 is 17.9 Å². The van der Waals surface area contributed by atoms with E-state index in [9.17, 15) is 8.42 Å². The lowest BCUT2D eigenvalue weighted by Crippen LogP contribution is -2.21. The van der Waals surface area contributed by atoms with Crippen LogP contribution in [-0.2, 0) is 16.6 Å². The summed E-state index contributed by atoms with van der Waals surface area (Å²) in [7, 11) is -0.684. The molecule has 0 aliphatic heterocycles. The molecule has 0 aliphatic rings. The molecule has 0 bridgehead atoms. The van der Waals surface area contributed by atoms with E-state index in [1.165, 1.54) is 26.4 Å². The minimum Gasteiger partial charge on any atom is -0.451 e. The molecule has 0 unspecified atom stereocenters. The van der Waals surface area contributed by atoms with Gasteiger partial charge in [-0.1, -0.05) is 0 Å². The maximum Gasteiger partial charge on any atom is 0.275 e. The van der Waals surface area contributed by atoms with Crippen molar-refractivity contribution in [3.8, 4) is 0 Å². The van der Waals surface area contributed by atoms with Gasteiger partial charge < -0.3 is 9.52 Å². The van der Waals surface area contributed by atoms with E-state index in [2.05, 4.69) is 0 Å². The molecule has 74 valence electrons. The van der Waals surface area contributed by atoms with Gasteiger partial charge >= 0.3 is 0 Å². The largest absolute Gasteiger partial charge is 0.451 e. The first-order valence-corrected chi connectivity index (χ1v) is 5.03. The van der Waals surface area contributed by atoms with Crippen LogP contribution in [0.5, 0.6) is 0 Å². The third-order valence-corrected chi connectivity index (χ3v) is 3.23. The van der Waals surface area contributed by atoms with Crippen molar-refractivity contribution >= 4 is 10.0 Å². The molecule has 1 heterocycles. The molecule has 5 nitrogen and oxygen atoms in total. The van der Waals surface area contributed by atoms with Crippen molar-refractivity contribution in [3.05, 3.63) is 17.9 Å². The fraction of sp³-hybridized carbons (Fsp3) is 0.429. The summed E-state index contributed by atoms with van der Waals surface area (Å²) in [6.07, 6.45) is 1.22. The Morgan fingerprint density at radius 2 is 2.15 bits per heavy atom. The highest BCUT2D eigenvalue weighted by Crippen LogP contribution is 2.16. The van der Waals surface area contributed by atoms with Gasteiger partial charge in [-0.25, -0.2) is 12.7 Å². The second kappa shape index (κ2) is 3.49. The fourth-order valence-corrected chi connectivity index (χ4v) is 1.58. The van der Waals surface area contributed by atoms with Gasteiger partial charge in [-0.3, -0.25) is 0 Å². The van der Waals surface area contributed by atoms with Gasteiger partial charge in [0.25, 0.3) is 10.0 Å². The van der Waals surface area contributed by atoms with Gasteiger partial charge in [0.2, 0.25) is 5.09 Å². The molecule has 1 N–H and O–H groups in total. The highest BCUT2D eigenvalue weighted by molar-refractivity contribution is 7.88. The summed E-state index contributed by atoms with van der Waals surface area (Å²) in [6, 6.07) is 1.30. The number of rotatable bonds is 3. The van der Waals surface area contributed by atoms with Crippen molar-refractivity contribution in [1.29, 1.82) is 0 Å². The van der Waals surface area contributed by atoms with E-state index < -0.39 is 10.0 Å². The molecule has 0 saturated heterocycles. The predicted octanol–water partition coefficient (Wildman–Crippen LogP) is 0.0222. The van der Waals surface area contributed by atoms with Crippen LogP contribution in [-0.4, -0.2) is 31.9 Å². The Labute approximate surface area is 76.6 Å². The predicted molar refractivity (Wildman–Crippen MR) is 45.5 cm³/mol. The molecule has 0 atom stereocenters. The Bertz CT molecular complexity index is 379. The van der Waals surface area contributed by atoms with Gasteiger partial charge in [0.15, 0.2) is 0 Å². The van der Waals surface area contributed by atoms with Crippen molar-refractivity contribution in [2.24, 2.45) is 0 Å². The average molecular weight is 205 g/mol. The summed E-state index contributed by atoms with van der Waals surface area (Å²) in [4.78, 5) is 0. The molecule has 0 aliphatic carbocycles. The molecular formula is C7H11NO4S. The van der Waals surface area contributed by atoms with E-state index >= 15 is 0 Å². The Morgan fingerprint density at radius 1 is 1.54 bits per heavy atom. The van der Waals surface area contributed by atoms with Crippen LogP contribution in [0.25, 0.3) is 0 Å². The van der Waals surface area contributed by atoms with E-state index in [0.717, 1.165) is 4.31 Å². The zero-order chi connectivity index (χ0) is 10.1. The Kier molecular flexibility index (Phi) is 2.74. The quantitative estimate of drug-likeness (QED) is 0.755. The summed E-state index contributed by atoms with van der Waals surface area (Å²) < 4.78 is 28.7. The average Bonchev–Trinajstić information content (AvgIpc) is 2.51. The highest BCUT2D eigenvalue weighted by Gasteiger charge is 2.21. The van der Waals surface area contributed by atoms with Crippen LogP contribution in [0, 0.1) is 0 Å². The molecule has 13 heavy (non-hydrogen) atoms. The highest BCUT2D eigenvalue weighted by atomic mass is 32.2. The van der Waals surface area contributed by atoms with Crippen LogP contribution in [0.1, 0.15) is 5.56 Å². The number of furan rings is 1. The van der Waals surface area contributed by atoms with Crippen LogP contribution in [0.2, 0.25) is 0 Å². The van der Waals surface area contributed by atoms with Crippen LogP contribution in [0.15, 0.2) is 21.8 Å². The van der Waals surface area contributed by atoms with Crippen LogP contribution in [0.4, 0.5) is 0 Å². The zero-order valence-electron chi connectivity index (χ0n) is 7.39. The summed E-state index contributed by atoms with van der Waals surface area (Å²) in [5.41, 5.74) is 0.445. The Hall–Kier alpha value is -0.850. The molecule has 1 aromatic heterocycles. The molecule has 1 aromatic rings. The second-order valence-corrected chi connectivity index (χ2v) is 4.80. The third-order valence-electron chi connectivity index (χ3n) is 1.55. The minimum atomic E-state index is -3.51. The van der Waals surface area contributed by atoms with Crippen molar-refractivity contribution in [2.45, 2.75) is 11.7 Å². The van der Waals surface area contributed by atoms with Crippen molar-refractivity contribution in [3.63, 3.8) is 0 Å². The maximum atomic E-state index is 11.4. The Morgan fingerprint density at radius 3 is 2.54 bits per heavy atom. The van der Waals surface area contributed by atoms with Crippen molar-refractivity contribution in [1.82, 2.24) is 4.31 Å². The first-order valence-electron chi connectivity index (χ1n) is 3.59. The summed E-state index contributed by atoms with van der Waals surface area (Å²) in [5.74, 6) is 0. The van der Waals surface area contributed by atoms with E-state index in [-0.39, 0.29) is 11.7 Å². The first-order chi connectivity index (χ1) is 5.98. The zero-order valence-corrected chi connectivity index (χ0v) is 8.21. The van der Waals surface area contributed by atoms with Crippen molar-refractivity contribution in [2.75, 3.05) is 14.1 Å². The van der Waals surface area contributed by atoms with E-state index in [4.69, 9.17) is 9.52 Å². The molecule has 0 fully saturated rings. The molecule has 0 saturated carbocycles. The SMILES string of the molecule is CN(C)S(=O)(=O)c1cc(CO)co1. The normalized spacial score (nSPS) is 12.3. The number of aliphatic hydroxyl groups excluding tert-OH is 1. The molecule has 0 aromatic carbocycles. The molecule has 0 amide bonds. The summed E-state index contributed by atoms with van der Waals surface area (Å²) in [5, 5.41) is 8.54. The van der Waals surface area contributed by atoms with Gasteiger partial charge in [-0.15, -0.1) is 0 Å². The van der Waals surface area contributed by atoms with E-state index in [0.29, 0.717) is 5.56 Å². The van der Waals surface area contributed by atoms with Crippen LogP contribution < -0.4 is 0 Å². The number of hydrogen-bond acceptors (Lipinski definition) is 4. The van der Waals surface area contributed by atoms with E-state index in [1.807, 2.05) is 0 Å². The lowest BCUT2D eigenvalue weighted by molar-refractivity contribution is 0.280. The molecule has 6 heteroatoms. The van der Waals surface area contributed by atoms with Gasteiger partial charge in [0.05, 0.1) is 12.9 Å². The Balaban J connectivity index is 3.09. The van der Waals surface area contributed by atoms with Crippen LogP contribution in [0.3, 0.4) is 0 Å². The van der Waals surface area contributed by atoms with Gasteiger partial charge in [0.1, 0.15) is 0 Å². The first kappa shape index (κ1) is 10.2. The molecule has 0 radical (unpaired) electrons. The standard InChI is InChI=1S/C7H11NO4S/c1-8(2)13(10,11)7-3-6(4-9)5-12-7/h3,5,9H,4H2,1-2H3. The lowest BCUT2D eigenvalue weighted by Gasteiger charge is -2.07. The number of aliphatic hydroxyl groups is 1. The minimum absolute atomic E-state index is 0.151. The third kappa shape index (κ3) is 1.90. The van der Waals surface area contributed by atoms with Gasteiger partial charge in [-0.05, 0) is 0 Å². The summed E-state index contributed by atoms with van der Waals surface area (Å²) >= 11 is 0. The topological polar surface area (TPSA) is 70.8 Å². The molecule has 0 spiro atoms. The smallest absolute Gasteiger partial charge is 0.275 e. The monoisotopic (exact) mass is 205 g/mol. The van der Waals surface area contributed by atoms with Crippen LogP contribution >= 0.6 is 0 Å².